The third kappa shape index (κ3) is 2.99. The molecule has 0 saturated heterocycles. The fourth-order valence-corrected chi connectivity index (χ4v) is 1.89. The summed E-state index contributed by atoms with van der Waals surface area (Å²) in [5, 5.41) is 8.42. The maximum atomic E-state index is 11.3. The average molecular weight is 198 g/mol. The van der Waals surface area contributed by atoms with E-state index in [9.17, 15) is 9.00 Å². The predicted molar refractivity (Wildman–Crippen MR) is 50.1 cm³/mol. The lowest BCUT2D eigenvalue weighted by atomic mass is 10.2. The number of hydrogen-bond donors (Lipinski definition) is 1. The second-order valence-corrected chi connectivity index (χ2v) is 4.15. The fraction of sp³-hybridized carbons (Fsp3) is 0.222. The van der Waals surface area contributed by atoms with Crippen LogP contribution in [0.25, 0.3) is 0 Å². The quantitative estimate of drug-likeness (QED) is 0.793. The summed E-state index contributed by atoms with van der Waals surface area (Å²) >= 11 is 0. The van der Waals surface area contributed by atoms with Crippen molar-refractivity contribution in [2.24, 2.45) is 0 Å². The van der Waals surface area contributed by atoms with Gasteiger partial charge in [0.25, 0.3) is 0 Å². The number of carboxylic acid groups (broad SMARTS) is 1. The van der Waals surface area contributed by atoms with Gasteiger partial charge < -0.3 is 5.11 Å². The van der Waals surface area contributed by atoms with E-state index in [0.29, 0.717) is 4.90 Å². The normalized spacial score (nSPS) is 12.4. The number of aryl methyl sites for hydroxylation is 1. The van der Waals surface area contributed by atoms with Crippen molar-refractivity contribution in [2.75, 3.05) is 5.75 Å². The minimum Gasteiger partial charge on any atom is -0.481 e. The molecule has 1 atom stereocenters. The Morgan fingerprint density at radius 1 is 1.54 bits per heavy atom. The smallest absolute Gasteiger partial charge is 0.316 e. The summed E-state index contributed by atoms with van der Waals surface area (Å²) in [6.45, 7) is 1.88. The number of rotatable bonds is 3. The molecule has 0 amide bonds. The van der Waals surface area contributed by atoms with E-state index in [4.69, 9.17) is 5.11 Å². The van der Waals surface area contributed by atoms with Crippen molar-refractivity contribution < 1.29 is 14.1 Å². The molecule has 0 saturated carbocycles. The van der Waals surface area contributed by atoms with E-state index in [1.807, 2.05) is 13.0 Å². The van der Waals surface area contributed by atoms with Crippen LogP contribution in [0.3, 0.4) is 0 Å². The molecule has 1 N–H and O–H groups in total. The van der Waals surface area contributed by atoms with Crippen LogP contribution in [-0.4, -0.2) is 21.0 Å². The van der Waals surface area contributed by atoms with Crippen LogP contribution in [0.5, 0.6) is 0 Å². The van der Waals surface area contributed by atoms with Crippen molar-refractivity contribution in [3.8, 4) is 0 Å². The van der Waals surface area contributed by atoms with Gasteiger partial charge in [0.05, 0.1) is 10.8 Å². The van der Waals surface area contributed by atoms with E-state index in [0.717, 1.165) is 5.56 Å². The minimum absolute atomic E-state index is 0.330. The molecule has 1 rings (SSSR count). The molecule has 0 aliphatic heterocycles. The molecule has 0 aromatic heterocycles. The highest BCUT2D eigenvalue weighted by Gasteiger charge is 2.07. The Morgan fingerprint density at radius 2 is 2.23 bits per heavy atom. The van der Waals surface area contributed by atoms with Gasteiger partial charge in [0.1, 0.15) is 5.75 Å². The molecule has 0 heterocycles. The highest BCUT2D eigenvalue weighted by atomic mass is 32.2. The maximum absolute atomic E-state index is 11.3. The molecule has 0 aliphatic rings. The zero-order valence-electron chi connectivity index (χ0n) is 7.19. The van der Waals surface area contributed by atoms with Crippen molar-refractivity contribution in [2.45, 2.75) is 11.8 Å². The van der Waals surface area contributed by atoms with Gasteiger partial charge in [-0.1, -0.05) is 12.1 Å². The fourth-order valence-electron chi connectivity index (χ4n) is 0.952. The monoisotopic (exact) mass is 198 g/mol. The summed E-state index contributed by atoms with van der Waals surface area (Å²) in [6, 6.07) is 7.05. The second-order valence-electron chi connectivity index (χ2n) is 2.70. The van der Waals surface area contributed by atoms with Crippen LogP contribution in [0, 0.1) is 6.92 Å². The Bertz CT molecular complexity index is 346. The van der Waals surface area contributed by atoms with Crippen LogP contribution in [-0.2, 0) is 15.6 Å². The van der Waals surface area contributed by atoms with E-state index in [1.165, 1.54) is 0 Å². The Hall–Kier alpha value is -1.16. The Morgan fingerprint density at radius 3 is 2.77 bits per heavy atom. The van der Waals surface area contributed by atoms with E-state index >= 15 is 0 Å². The molecule has 70 valence electrons. The molecular weight excluding hydrogens is 188 g/mol. The first kappa shape index (κ1) is 9.92. The van der Waals surface area contributed by atoms with Gasteiger partial charge in [-0.05, 0) is 24.6 Å². The van der Waals surface area contributed by atoms with E-state index in [1.54, 1.807) is 18.2 Å². The lowest BCUT2D eigenvalue weighted by Gasteiger charge is -1.99. The Kier molecular flexibility index (Phi) is 3.19. The largest absolute Gasteiger partial charge is 0.481 e. The SMILES string of the molecule is Cc1cccc([S@@](=O)CC(=O)O)c1. The molecule has 0 radical (unpaired) electrons. The predicted octanol–water partition coefficient (Wildman–Crippen LogP) is 1.19. The van der Waals surface area contributed by atoms with Crippen LogP contribution >= 0.6 is 0 Å². The zero-order valence-corrected chi connectivity index (χ0v) is 8.00. The second kappa shape index (κ2) is 4.18. The summed E-state index contributed by atoms with van der Waals surface area (Å²) in [6.07, 6.45) is 0. The van der Waals surface area contributed by atoms with Crippen LogP contribution < -0.4 is 0 Å². The van der Waals surface area contributed by atoms with Gasteiger partial charge in [0.15, 0.2) is 0 Å². The first-order valence-electron chi connectivity index (χ1n) is 3.76. The van der Waals surface area contributed by atoms with Gasteiger partial charge in [-0.2, -0.15) is 0 Å². The number of carbonyl (C=O) groups is 1. The molecule has 1 aromatic rings. The first-order valence-corrected chi connectivity index (χ1v) is 5.08. The summed E-state index contributed by atoms with van der Waals surface area (Å²) in [7, 11) is -1.42. The Labute approximate surface area is 78.9 Å². The van der Waals surface area contributed by atoms with Gasteiger partial charge in [-0.25, -0.2) is 0 Å². The van der Waals surface area contributed by atoms with Crippen molar-refractivity contribution in [3.63, 3.8) is 0 Å². The van der Waals surface area contributed by atoms with E-state index in [-0.39, 0.29) is 5.75 Å². The summed E-state index contributed by atoms with van der Waals surface area (Å²) < 4.78 is 11.3. The van der Waals surface area contributed by atoms with Crippen LogP contribution in [0.15, 0.2) is 29.2 Å². The van der Waals surface area contributed by atoms with Crippen LogP contribution in [0.2, 0.25) is 0 Å². The molecule has 0 spiro atoms. The summed E-state index contributed by atoms with van der Waals surface area (Å²) in [5.41, 5.74) is 0.983. The standard InChI is InChI=1S/C9H10O3S/c1-7-3-2-4-8(5-7)13(12)6-9(10)11/h2-5H,6H2,1H3,(H,10,11)/t13-/m0/s1. The number of hydrogen-bond acceptors (Lipinski definition) is 2. The molecule has 0 unspecified atom stereocenters. The van der Waals surface area contributed by atoms with Gasteiger partial charge in [-0.3, -0.25) is 9.00 Å². The minimum atomic E-state index is -1.42. The van der Waals surface area contributed by atoms with Crippen LogP contribution in [0.1, 0.15) is 5.56 Å². The molecule has 13 heavy (non-hydrogen) atoms. The molecule has 0 fully saturated rings. The number of aliphatic carboxylic acids is 1. The molecular formula is C9H10O3S. The summed E-state index contributed by atoms with van der Waals surface area (Å²) in [5.74, 6) is -1.37. The van der Waals surface area contributed by atoms with Crippen molar-refractivity contribution in [1.29, 1.82) is 0 Å². The zero-order chi connectivity index (χ0) is 9.84. The number of benzene rings is 1. The lowest BCUT2D eigenvalue weighted by Crippen LogP contribution is -2.09. The lowest BCUT2D eigenvalue weighted by molar-refractivity contribution is -0.133. The van der Waals surface area contributed by atoms with Gasteiger partial charge in [0, 0.05) is 4.90 Å². The molecule has 0 bridgehead atoms. The number of carboxylic acids is 1. The Balaban J connectivity index is 2.83. The summed E-state index contributed by atoms with van der Waals surface area (Å²) in [4.78, 5) is 10.8. The first-order chi connectivity index (χ1) is 6.09. The van der Waals surface area contributed by atoms with Gasteiger partial charge in [-0.15, -0.1) is 0 Å². The highest BCUT2D eigenvalue weighted by Crippen LogP contribution is 2.08. The van der Waals surface area contributed by atoms with Crippen molar-refractivity contribution in [3.05, 3.63) is 29.8 Å². The molecule has 4 heteroatoms. The maximum Gasteiger partial charge on any atom is 0.316 e. The molecule has 3 nitrogen and oxygen atoms in total. The topological polar surface area (TPSA) is 54.4 Å². The van der Waals surface area contributed by atoms with E-state index in [2.05, 4.69) is 0 Å². The van der Waals surface area contributed by atoms with Crippen LogP contribution in [0.4, 0.5) is 0 Å². The van der Waals surface area contributed by atoms with Crippen molar-refractivity contribution >= 4 is 16.8 Å². The van der Waals surface area contributed by atoms with Gasteiger partial charge >= 0.3 is 5.97 Å². The average Bonchev–Trinajstić information content (AvgIpc) is 2.03. The van der Waals surface area contributed by atoms with Gasteiger partial charge in [0.2, 0.25) is 0 Å². The van der Waals surface area contributed by atoms with Crippen molar-refractivity contribution in [1.82, 2.24) is 0 Å². The third-order valence-electron chi connectivity index (χ3n) is 1.51. The third-order valence-corrected chi connectivity index (χ3v) is 2.80. The highest BCUT2D eigenvalue weighted by molar-refractivity contribution is 7.85. The molecule has 1 aromatic carbocycles. The van der Waals surface area contributed by atoms with E-state index < -0.39 is 16.8 Å². The molecule has 0 aliphatic carbocycles.